The number of halogens is 5. The highest BCUT2D eigenvalue weighted by Gasteiger charge is 2.24. The summed E-state index contributed by atoms with van der Waals surface area (Å²) in [5, 5.41) is 4.92. The fraction of sp³-hybridized carbons (Fsp3) is 0.0435. The van der Waals surface area contributed by atoms with E-state index >= 15 is 0 Å². The molecule has 1 heterocycles. The van der Waals surface area contributed by atoms with Crippen LogP contribution in [0.3, 0.4) is 0 Å². The molecule has 0 aromatic heterocycles. The van der Waals surface area contributed by atoms with Crippen molar-refractivity contribution in [2.24, 2.45) is 4.99 Å². The molecule has 0 aliphatic carbocycles. The van der Waals surface area contributed by atoms with Gasteiger partial charge in [0.05, 0.1) is 34.3 Å². The van der Waals surface area contributed by atoms with Crippen molar-refractivity contribution < 1.29 is 9.53 Å². The molecule has 0 unspecified atom stereocenters. The molecule has 33 heavy (non-hydrogen) atoms. The molecule has 1 fully saturated rings. The minimum absolute atomic E-state index is 0.230. The van der Waals surface area contributed by atoms with E-state index in [1.165, 1.54) is 11.8 Å². The smallest absolute Gasteiger partial charge is 0.264 e. The first-order valence-corrected chi connectivity index (χ1v) is 12.8. The lowest BCUT2D eigenvalue weighted by molar-refractivity contribution is -0.115. The van der Waals surface area contributed by atoms with Crippen LogP contribution >= 0.6 is 80.8 Å². The van der Waals surface area contributed by atoms with Crippen molar-refractivity contribution in [2.45, 2.75) is 6.61 Å². The number of thioether (sulfide) groups is 1. The molecule has 3 aromatic rings. The topological polar surface area (TPSA) is 50.7 Å². The van der Waals surface area contributed by atoms with Crippen LogP contribution < -0.4 is 10.1 Å². The van der Waals surface area contributed by atoms with Crippen LogP contribution in [0, 0.1) is 3.57 Å². The molecule has 0 spiro atoms. The number of amides is 1. The van der Waals surface area contributed by atoms with Gasteiger partial charge in [0.2, 0.25) is 0 Å². The van der Waals surface area contributed by atoms with E-state index in [9.17, 15) is 4.79 Å². The molecule has 1 N–H and O–H groups in total. The Morgan fingerprint density at radius 3 is 2.58 bits per heavy atom. The Morgan fingerprint density at radius 2 is 1.82 bits per heavy atom. The van der Waals surface area contributed by atoms with Crippen molar-refractivity contribution in [3.8, 4) is 5.75 Å². The predicted molar refractivity (Wildman–Crippen MR) is 147 cm³/mol. The molecule has 10 heteroatoms. The zero-order valence-corrected chi connectivity index (χ0v) is 22.5. The largest absolute Gasteiger partial charge is 0.488 e. The number of nitrogens with zero attached hydrogens (tertiary/aromatic N) is 1. The van der Waals surface area contributed by atoms with Crippen LogP contribution in [0.15, 0.2) is 64.5 Å². The van der Waals surface area contributed by atoms with E-state index in [4.69, 9.17) is 51.1 Å². The molecule has 168 valence electrons. The second kappa shape index (κ2) is 10.9. The van der Waals surface area contributed by atoms with Crippen molar-refractivity contribution in [3.05, 3.63) is 94.3 Å². The fourth-order valence-electron chi connectivity index (χ4n) is 2.83. The van der Waals surface area contributed by atoms with E-state index in [1.54, 1.807) is 36.4 Å². The lowest BCUT2D eigenvalue weighted by Gasteiger charge is -2.10. The minimum atomic E-state index is -0.230. The molecule has 0 radical (unpaired) electrons. The summed E-state index contributed by atoms with van der Waals surface area (Å²) in [6.07, 6.45) is 1.80. The van der Waals surface area contributed by atoms with Gasteiger partial charge in [0.1, 0.15) is 12.4 Å². The summed E-state index contributed by atoms with van der Waals surface area (Å²) in [5.74, 6) is 0.497. The highest BCUT2D eigenvalue weighted by atomic mass is 127. The number of carbonyl (C=O) groups excluding carboxylic acids is 1. The average molecular weight is 650 g/mol. The third-order valence-corrected chi connectivity index (χ3v) is 7.74. The van der Waals surface area contributed by atoms with Gasteiger partial charge in [-0.1, -0.05) is 64.6 Å². The molecule has 1 amide bonds. The van der Waals surface area contributed by atoms with Gasteiger partial charge in [0, 0.05) is 0 Å². The van der Waals surface area contributed by atoms with Gasteiger partial charge >= 0.3 is 0 Å². The number of aliphatic imine (C=N–C) groups is 1. The Hall–Kier alpha value is -1.42. The zero-order valence-electron chi connectivity index (χ0n) is 16.5. The SMILES string of the molecule is O=C1NC(=Nc2cccc(Cl)c2Cl)S/C1=C/c1ccc(OCc2ccc(Cl)c(Cl)c2)c(I)c1. The van der Waals surface area contributed by atoms with E-state index in [0.717, 1.165) is 20.4 Å². The van der Waals surface area contributed by atoms with Crippen LogP contribution in [-0.2, 0) is 11.4 Å². The van der Waals surface area contributed by atoms with E-state index in [2.05, 4.69) is 32.9 Å². The van der Waals surface area contributed by atoms with Crippen LogP contribution in [-0.4, -0.2) is 11.1 Å². The Labute approximate surface area is 228 Å². The number of ether oxygens (including phenoxy) is 1. The number of amidine groups is 1. The maximum atomic E-state index is 12.4. The van der Waals surface area contributed by atoms with Crippen molar-refractivity contribution in [1.29, 1.82) is 0 Å². The molecule has 3 aromatic carbocycles. The molecule has 1 saturated heterocycles. The summed E-state index contributed by atoms with van der Waals surface area (Å²) in [6, 6.07) is 16.2. The highest BCUT2D eigenvalue weighted by molar-refractivity contribution is 14.1. The summed E-state index contributed by atoms with van der Waals surface area (Å²) in [7, 11) is 0. The van der Waals surface area contributed by atoms with Gasteiger partial charge < -0.3 is 10.1 Å². The average Bonchev–Trinajstić information content (AvgIpc) is 3.12. The number of rotatable bonds is 5. The molecule has 4 rings (SSSR count). The molecule has 1 aliphatic rings. The van der Waals surface area contributed by atoms with Crippen molar-refractivity contribution in [2.75, 3.05) is 0 Å². The molecular weight excluding hydrogens is 637 g/mol. The normalized spacial score (nSPS) is 15.8. The number of nitrogens with one attached hydrogen (secondary N) is 1. The standard InChI is InChI=1S/C23H13Cl4IN2O2S/c24-14-6-4-13(8-16(14)26)11-32-19-7-5-12(9-17(19)28)10-20-22(31)30-23(33-20)29-18-3-1-2-15(25)21(18)27/h1-10H,11H2,(H,29,30,31)/b20-10+. The summed E-state index contributed by atoms with van der Waals surface area (Å²) >= 11 is 27.7. The second-order valence-corrected chi connectivity index (χ2v) is 10.6. The molecular formula is C23H13Cl4IN2O2S. The molecule has 1 aliphatic heterocycles. The molecule has 0 saturated carbocycles. The maximum Gasteiger partial charge on any atom is 0.264 e. The van der Waals surface area contributed by atoms with Crippen LogP contribution in [0.2, 0.25) is 20.1 Å². The summed E-state index contributed by atoms with van der Waals surface area (Å²) in [4.78, 5) is 17.3. The van der Waals surface area contributed by atoms with Gasteiger partial charge in [0.15, 0.2) is 5.17 Å². The van der Waals surface area contributed by atoms with E-state index < -0.39 is 0 Å². The van der Waals surface area contributed by atoms with Crippen LogP contribution in [0.5, 0.6) is 5.75 Å². The predicted octanol–water partition coefficient (Wildman–Crippen LogP) is 8.38. The van der Waals surface area contributed by atoms with Gasteiger partial charge in [-0.25, -0.2) is 4.99 Å². The Bertz CT molecular complexity index is 1310. The minimum Gasteiger partial charge on any atom is -0.488 e. The number of benzene rings is 3. The number of hydrogen-bond acceptors (Lipinski definition) is 4. The molecule has 0 bridgehead atoms. The van der Waals surface area contributed by atoms with Crippen molar-refractivity contribution in [3.63, 3.8) is 0 Å². The number of hydrogen-bond donors (Lipinski definition) is 1. The van der Waals surface area contributed by atoms with Gasteiger partial charge in [-0.05, 0) is 88.0 Å². The van der Waals surface area contributed by atoms with Gasteiger partial charge in [-0.2, -0.15) is 0 Å². The second-order valence-electron chi connectivity index (χ2n) is 6.78. The van der Waals surface area contributed by atoms with E-state index in [1.807, 2.05) is 24.3 Å². The monoisotopic (exact) mass is 648 g/mol. The number of carbonyl (C=O) groups is 1. The third-order valence-electron chi connectivity index (χ3n) is 4.44. The van der Waals surface area contributed by atoms with Crippen LogP contribution in [0.25, 0.3) is 6.08 Å². The first-order valence-electron chi connectivity index (χ1n) is 9.40. The van der Waals surface area contributed by atoms with Gasteiger partial charge in [-0.15, -0.1) is 0 Å². The molecule has 4 nitrogen and oxygen atoms in total. The first kappa shape index (κ1) is 24.7. The van der Waals surface area contributed by atoms with E-state index in [-0.39, 0.29) is 5.91 Å². The van der Waals surface area contributed by atoms with Crippen molar-refractivity contribution >= 4 is 104 Å². The zero-order chi connectivity index (χ0) is 23.5. The fourth-order valence-corrected chi connectivity index (χ4v) is 5.02. The van der Waals surface area contributed by atoms with E-state index in [0.29, 0.717) is 42.5 Å². The molecule has 0 atom stereocenters. The lowest BCUT2D eigenvalue weighted by atomic mass is 10.2. The Morgan fingerprint density at radius 1 is 1.00 bits per heavy atom. The van der Waals surface area contributed by atoms with Crippen LogP contribution in [0.4, 0.5) is 5.69 Å². The summed E-state index contributed by atoms with van der Waals surface area (Å²) in [5.41, 5.74) is 2.27. The third kappa shape index (κ3) is 6.18. The summed E-state index contributed by atoms with van der Waals surface area (Å²) in [6.45, 7) is 0.359. The van der Waals surface area contributed by atoms with Gasteiger partial charge in [0.25, 0.3) is 5.91 Å². The summed E-state index contributed by atoms with van der Waals surface area (Å²) < 4.78 is 6.82. The quantitative estimate of drug-likeness (QED) is 0.223. The van der Waals surface area contributed by atoms with Crippen molar-refractivity contribution in [1.82, 2.24) is 5.32 Å². The van der Waals surface area contributed by atoms with Crippen LogP contribution in [0.1, 0.15) is 11.1 Å². The first-order chi connectivity index (χ1) is 15.8. The Kier molecular flexibility index (Phi) is 8.15. The maximum absolute atomic E-state index is 12.4. The highest BCUT2D eigenvalue weighted by Crippen LogP contribution is 2.35. The Balaban J connectivity index is 1.47. The lowest BCUT2D eigenvalue weighted by Crippen LogP contribution is -2.19. The van der Waals surface area contributed by atoms with Gasteiger partial charge in [-0.3, -0.25) is 4.79 Å².